The van der Waals surface area contributed by atoms with Crippen LogP contribution in [0.1, 0.15) is 35.1 Å². The zero-order valence-corrected chi connectivity index (χ0v) is 14.6. The lowest BCUT2D eigenvalue weighted by Gasteiger charge is -2.13. The number of carbonyl (C=O) groups is 1. The summed E-state index contributed by atoms with van der Waals surface area (Å²) in [4.78, 5) is 19.2. The number of nitrogens with zero attached hydrogens (tertiary/aromatic N) is 3. The van der Waals surface area contributed by atoms with E-state index in [0.29, 0.717) is 18.2 Å². The molecule has 5 heteroatoms. The Labute approximate surface area is 147 Å². The summed E-state index contributed by atoms with van der Waals surface area (Å²) in [7, 11) is 3.97. The van der Waals surface area contributed by atoms with Gasteiger partial charge in [-0.2, -0.15) is 0 Å². The molecule has 1 aromatic heterocycles. The average molecular weight is 334 g/mol. The zero-order chi connectivity index (χ0) is 17.4. The number of amides is 1. The van der Waals surface area contributed by atoms with E-state index in [2.05, 4.69) is 16.0 Å². The van der Waals surface area contributed by atoms with E-state index in [1.165, 1.54) is 12.8 Å². The van der Waals surface area contributed by atoms with Crippen LogP contribution in [0.15, 0.2) is 48.5 Å². The first-order valence-electron chi connectivity index (χ1n) is 8.65. The first kappa shape index (κ1) is 15.7. The van der Waals surface area contributed by atoms with E-state index < -0.39 is 0 Å². The standard InChI is InChI=1S/C20H22N4O/c1-23(2)15-9-7-14(8-10-15)20(25)21-13-19-22-17-5-3-4-6-18(17)24(19)16-11-12-16/h3-10,16H,11-13H2,1-2H3,(H,21,25). The molecule has 2 aromatic carbocycles. The molecule has 0 unspecified atom stereocenters. The third-order valence-corrected chi connectivity index (χ3v) is 4.63. The monoisotopic (exact) mass is 334 g/mol. The van der Waals surface area contributed by atoms with Gasteiger partial charge in [0, 0.05) is 31.4 Å². The van der Waals surface area contributed by atoms with Gasteiger partial charge in [-0.15, -0.1) is 0 Å². The fourth-order valence-electron chi connectivity index (χ4n) is 3.13. The molecule has 1 fully saturated rings. The van der Waals surface area contributed by atoms with Crippen LogP contribution >= 0.6 is 0 Å². The Balaban J connectivity index is 1.52. The van der Waals surface area contributed by atoms with Crippen molar-refractivity contribution >= 4 is 22.6 Å². The summed E-state index contributed by atoms with van der Waals surface area (Å²) >= 11 is 0. The van der Waals surface area contributed by atoms with Crippen molar-refractivity contribution in [3.8, 4) is 0 Å². The number of rotatable bonds is 5. The van der Waals surface area contributed by atoms with Gasteiger partial charge in [0.15, 0.2) is 0 Å². The quantitative estimate of drug-likeness (QED) is 0.778. The second kappa shape index (κ2) is 6.24. The molecule has 0 aliphatic heterocycles. The maximum absolute atomic E-state index is 12.4. The van der Waals surface area contributed by atoms with Gasteiger partial charge in [-0.3, -0.25) is 4.79 Å². The van der Waals surface area contributed by atoms with Gasteiger partial charge in [-0.1, -0.05) is 12.1 Å². The van der Waals surface area contributed by atoms with E-state index >= 15 is 0 Å². The van der Waals surface area contributed by atoms with Gasteiger partial charge in [0.2, 0.25) is 0 Å². The van der Waals surface area contributed by atoms with E-state index in [1.807, 2.05) is 61.5 Å². The fourth-order valence-corrected chi connectivity index (χ4v) is 3.13. The Bertz CT molecular complexity index is 907. The highest BCUT2D eigenvalue weighted by Gasteiger charge is 2.28. The number of hydrogen-bond acceptors (Lipinski definition) is 3. The third-order valence-electron chi connectivity index (χ3n) is 4.63. The Morgan fingerprint density at radius 2 is 1.88 bits per heavy atom. The van der Waals surface area contributed by atoms with Crippen molar-refractivity contribution in [2.24, 2.45) is 0 Å². The van der Waals surface area contributed by atoms with E-state index in [9.17, 15) is 4.79 Å². The van der Waals surface area contributed by atoms with E-state index in [4.69, 9.17) is 4.98 Å². The number of imidazole rings is 1. The van der Waals surface area contributed by atoms with Crippen LogP contribution in [-0.2, 0) is 6.54 Å². The number of aromatic nitrogens is 2. The Morgan fingerprint density at radius 3 is 2.56 bits per heavy atom. The van der Waals surface area contributed by atoms with Gasteiger partial charge >= 0.3 is 0 Å². The molecule has 1 saturated carbocycles. The molecule has 0 bridgehead atoms. The van der Waals surface area contributed by atoms with Crippen LogP contribution in [0.4, 0.5) is 5.69 Å². The molecular weight excluding hydrogens is 312 g/mol. The Morgan fingerprint density at radius 1 is 1.16 bits per heavy atom. The average Bonchev–Trinajstić information content (AvgIpc) is 3.40. The predicted octanol–water partition coefficient (Wildman–Crippen LogP) is 3.37. The maximum Gasteiger partial charge on any atom is 0.251 e. The highest BCUT2D eigenvalue weighted by atomic mass is 16.1. The molecule has 0 radical (unpaired) electrons. The van der Waals surface area contributed by atoms with Crippen LogP contribution in [0, 0.1) is 0 Å². The molecule has 3 aromatic rings. The van der Waals surface area contributed by atoms with E-state index in [-0.39, 0.29) is 5.91 Å². The summed E-state index contributed by atoms with van der Waals surface area (Å²) < 4.78 is 2.28. The van der Waals surface area contributed by atoms with Crippen LogP contribution in [0.5, 0.6) is 0 Å². The van der Waals surface area contributed by atoms with Gasteiger partial charge in [-0.05, 0) is 49.2 Å². The molecule has 5 nitrogen and oxygen atoms in total. The van der Waals surface area contributed by atoms with Crippen molar-refractivity contribution in [3.05, 3.63) is 59.9 Å². The van der Waals surface area contributed by atoms with Gasteiger partial charge in [0.1, 0.15) is 5.82 Å². The first-order valence-corrected chi connectivity index (χ1v) is 8.65. The van der Waals surface area contributed by atoms with Crippen molar-refractivity contribution in [3.63, 3.8) is 0 Å². The number of nitrogens with one attached hydrogen (secondary N) is 1. The Kier molecular flexibility index (Phi) is 3.92. The van der Waals surface area contributed by atoms with Crippen LogP contribution in [-0.4, -0.2) is 29.6 Å². The van der Waals surface area contributed by atoms with E-state index in [0.717, 1.165) is 22.5 Å². The molecule has 1 amide bonds. The minimum Gasteiger partial charge on any atom is -0.378 e. The van der Waals surface area contributed by atoms with Crippen LogP contribution in [0.25, 0.3) is 11.0 Å². The van der Waals surface area contributed by atoms with Crippen molar-refractivity contribution < 1.29 is 4.79 Å². The number of fused-ring (bicyclic) bond motifs is 1. The molecule has 1 N–H and O–H groups in total. The van der Waals surface area contributed by atoms with Crippen LogP contribution in [0.3, 0.4) is 0 Å². The number of anilines is 1. The summed E-state index contributed by atoms with van der Waals surface area (Å²) in [6, 6.07) is 16.3. The van der Waals surface area contributed by atoms with Gasteiger partial charge in [-0.25, -0.2) is 4.98 Å². The van der Waals surface area contributed by atoms with Crippen molar-refractivity contribution in [2.75, 3.05) is 19.0 Å². The molecule has 4 rings (SSSR count). The molecule has 1 heterocycles. The lowest BCUT2D eigenvalue weighted by Crippen LogP contribution is -2.24. The number of carbonyl (C=O) groups excluding carboxylic acids is 1. The molecule has 0 saturated heterocycles. The smallest absolute Gasteiger partial charge is 0.251 e. The van der Waals surface area contributed by atoms with Gasteiger partial charge < -0.3 is 14.8 Å². The van der Waals surface area contributed by atoms with E-state index in [1.54, 1.807) is 0 Å². The molecule has 0 atom stereocenters. The minimum absolute atomic E-state index is 0.0697. The SMILES string of the molecule is CN(C)c1ccc(C(=O)NCc2nc3ccccc3n2C2CC2)cc1. The summed E-state index contributed by atoms with van der Waals surface area (Å²) in [6.45, 7) is 0.444. The zero-order valence-electron chi connectivity index (χ0n) is 14.6. The number of hydrogen-bond donors (Lipinski definition) is 1. The van der Waals surface area contributed by atoms with Crippen molar-refractivity contribution in [1.29, 1.82) is 0 Å². The summed E-state index contributed by atoms with van der Waals surface area (Å²) in [5, 5.41) is 3.01. The molecule has 1 aliphatic rings. The van der Waals surface area contributed by atoms with Crippen LogP contribution < -0.4 is 10.2 Å². The lowest BCUT2D eigenvalue weighted by atomic mass is 10.2. The first-order chi connectivity index (χ1) is 12.1. The molecular formula is C20H22N4O. The van der Waals surface area contributed by atoms with Crippen molar-refractivity contribution in [1.82, 2.24) is 14.9 Å². The minimum atomic E-state index is -0.0697. The van der Waals surface area contributed by atoms with Gasteiger partial charge in [0.25, 0.3) is 5.91 Å². The summed E-state index contributed by atoms with van der Waals surface area (Å²) in [6.07, 6.45) is 2.38. The van der Waals surface area contributed by atoms with Crippen LogP contribution in [0.2, 0.25) is 0 Å². The van der Waals surface area contributed by atoms with Crippen molar-refractivity contribution in [2.45, 2.75) is 25.4 Å². The highest BCUT2D eigenvalue weighted by Crippen LogP contribution is 2.38. The second-order valence-corrected chi connectivity index (χ2v) is 6.74. The third kappa shape index (κ3) is 3.09. The van der Waals surface area contributed by atoms with Gasteiger partial charge in [0.05, 0.1) is 17.6 Å². The largest absolute Gasteiger partial charge is 0.378 e. The number of para-hydroxylation sites is 2. The predicted molar refractivity (Wildman–Crippen MR) is 99.9 cm³/mol. The number of benzene rings is 2. The fraction of sp³-hybridized carbons (Fsp3) is 0.300. The summed E-state index contributed by atoms with van der Waals surface area (Å²) in [5.41, 5.74) is 3.89. The molecule has 128 valence electrons. The second-order valence-electron chi connectivity index (χ2n) is 6.74. The molecule has 1 aliphatic carbocycles. The summed E-state index contributed by atoms with van der Waals surface area (Å²) in [5.74, 6) is 0.863. The topological polar surface area (TPSA) is 50.2 Å². The molecule has 25 heavy (non-hydrogen) atoms. The maximum atomic E-state index is 12.4. The Hall–Kier alpha value is -2.82. The molecule has 0 spiro atoms. The normalized spacial score (nSPS) is 13.8. The lowest BCUT2D eigenvalue weighted by molar-refractivity contribution is 0.0949. The highest BCUT2D eigenvalue weighted by molar-refractivity contribution is 5.94.